The summed E-state index contributed by atoms with van der Waals surface area (Å²) in [7, 11) is 0. The van der Waals surface area contributed by atoms with Crippen LogP contribution >= 0.6 is 12.4 Å². The number of halogens is 1. The zero-order chi connectivity index (χ0) is 19.8. The molecule has 3 rings (SSSR count). The minimum absolute atomic E-state index is 0. The monoisotopic (exact) mass is 415 g/mol. The summed E-state index contributed by atoms with van der Waals surface area (Å²) in [6, 6.07) is 18.8. The molecule has 1 saturated heterocycles. The lowest BCUT2D eigenvalue weighted by atomic mass is 9.94. The minimum Gasteiger partial charge on any atom is -0.481 e. The van der Waals surface area contributed by atoms with E-state index < -0.39 is 5.97 Å². The largest absolute Gasteiger partial charge is 0.481 e. The predicted molar refractivity (Wildman–Crippen MR) is 120 cm³/mol. The van der Waals surface area contributed by atoms with E-state index >= 15 is 0 Å². The van der Waals surface area contributed by atoms with E-state index in [1.54, 1.807) is 0 Å². The average molecular weight is 416 g/mol. The van der Waals surface area contributed by atoms with Crippen LogP contribution in [0.5, 0.6) is 0 Å². The highest BCUT2D eigenvalue weighted by Crippen LogP contribution is 2.26. The molecule has 29 heavy (non-hydrogen) atoms. The zero-order valence-electron chi connectivity index (χ0n) is 16.9. The third-order valence-corrected chi connectivity index (χ3v) is 5.33. The summed E-state index contributed by atoms with van der Waals surface area (Å²) in [4.78, 5) is 13.4. The lowest BCUT2D eigenvalue weighted by Gasteiger charge is -2.30. The van der Waals surface area contributed by atoms with E-state index in [1.807, 2.05) is 6.07 Å². The zero-order valence-corrected chi connectivity index (χ0v) is 17.7. The normalized spacial score (nSPS) is 17.6. The maximum atomic E-state index is 11.2. The van der Waals surface area contributed by atoms with Gasteiger partial charge < -0.3 is 14.7 Å². The lowest BCUT2D eigenvalue weighted by molar-refractivity contribution is -0.143. The van der Waals surface area contributed by atoms with Gasteiger partial charge in [-0.2, -0.15) is 0 Å². The van der Waals surface area contributed by atoms with Gasteiger partial charge >= 0.3 is 5.97 Å². The van der Waals surface area contributed by atoms with Crippen molar-refractivity contribution in [1.29, 1.82) is 0 Å². The minimum atomic E-state index is -0.681. The van der Waals surface area contributed by atoms with Crippen LogP contribution in [0.25, 0.3) is 5.57 Å². The molecule has 0 bridgehead atoms. The number of hydrogen-bond donors (Lipinski definition) is 1. The SMILES string of the molecule is Cc1ccccc1/C(=C\COCCN1CCC[C@@H](C(=O)O)C1)c1ccccc1.Cl. The quantitative estimate of drug-likeness (QED) is 0.637. The summed E-state index contributed by atoms with van der Waals surface area (Å²) >= 11 is 0. The molecule has 1 aliphatic heterocycles. The molecule has 0 aliphatic carbocycles. The molecule has 0 spiro atoms. The Morgan fingerprint density at radius 1 is 1.17 bits per heavy atom. The Bertz CT molecular complexity index is 807. The van der Waals surface area contributed by atoms with Crippen molar-refractivity contribution in [2.24, 2.45) is 5.92 Å². The Morgan fingerprint density at radius 3 is 2.62 bits per heavy atom. The number of ether oxygens (including phenoxy) is 1. The number of aliphatic carboxylic acids is 1. The molecule has 0 amide bonds. The number of carbonyl (C=O) groups is 1. The van der Waals surface area contributed by atoms with Gasteiger partial charge in [-0.05, 0) is 48.6 Å². The van der Waals surface area contributed by atoms with Crippen molar-refractivity contribution >= 4 is 23.9 Å². The third-order valence-electron chi connectivity index (χ3n) is 5.33. The molecule has 0 aromatic heterocycles. The molecule has 0 unspecified atom stereocenters. The number of carboxylic acid groups (broad SMARTS) is 1. The number of aryl methyl sites for hydroxylation is 1. The molecule has 0 radical (unpaired) electrons. The number of piperidine rings is 1. The van der Waals surface area contributed by atoms with Crippen molar-refractivity contribution in [2.45, 2.75) is 19.8 Å². The first-order valence-corrected chi connectivity index (χ1v) is 9.99. The summed E-state index contributed by atoms with van der Waals surface area (Å²) in [6.45, 7) is 5.65. The second-order valence-corrected chi connectivity index (χ2v) is 7.35. The van der Waals surface area contributed by atoms with Gasteiger partial charge in [-0.1, -0.05) is 60.7 Å². The number of carboxylic acids is 1. The second-order valence-electron chi connectivity index (χ2n) is 7.35. The van der Waals surface area contributed by atoms with Crippen LogP contribution in [0.15, 0.2) is 60.7 Å². The van der Waals surface area contributed by atoms with Crippen LogP contribution in [0.2, 0.25) is 0 Å². The molecular formula is C24H30ClNO3. The number of nitrogens with zero attached hydrogens (tertiary/aromatic N) is 1. The van der Waals surface area contributed by atoms with E-state index in [0.717, 1.165) is 25.9 Å². The molecule has 1 N–H and O–H groups in total. The summed E-state index contributed by atoms with van der Waals surface area (Å²) in [5, 5.41) is 9.20. The van der Waals surface area contributed by atoms with Crippen molar-refractivity contribution in [3.63, 3.8) is 0 Å². The fraction of sp³-hybridized carbons (Fsp3) is 0.375. The maximum Gasteiger partial charge on any atom is 0.307 e. The standard InChI is InChI=1S/C24H29NO3.ClH/c1-19-8-5-6-12-22(19)23(20-9-3-2-4-10-20)13-16-28-17-15-25-14-7-11-21(18-25)24(26)27;/h2-6,8-10,12-13,21H,7,11,14-18H2,1H3,(H,26,27);1H/b23-13-;/t21-;/m1./s1. The smallest absolute Gasteiger partial charge is 0.307 e. The molecule has 1 atom stereocenters. The van der Waals surface area contributed by atoms with E-state index in [2.05, 4.69) is 66.4 Å². The van der Waals surface area contributed by atoms with Crippen molar-refractivity contribution in [1.82, 2.24) is 4.90 Å². The Hall–Kier alpha value is -2.14. The Morgan fingerprint density at radius 2 is 1.90 bits per heavy atom. The summed E-state index contributed by atoms with van der Waals surface area (Å²) in [6.07, 6.45) is 3.88. The first kappa shape index (κ1) is 23.1. The van der Waals surface area contributed by atoms with Crippen LogP contribution in [-0.4, -0.2) is 48.8 Å². The van der Waals surface area contributed by atoms with Crippen LogP contribution in [-0.2, 0) is 9.53 Å². The third kappa shape index (κ3) is 6.70. The Kier molecular flexibility index (Phi) is 9.39. The lowest BCUT2D eigenvalue weighted by Crippen LogP contribution is -2.40. The van der Waals surface area contributed by atoms with Gasteiger partial charge in [-0.15, -0.1) is 12.4 Å². The Labute approximate surface area is 179 Å². The van der Waals surface area contributed by atoms with E-state index in [1.165, 1.54) is 22.3 Å². The van der Waals surface area contributed by atoms with Crippen LogP contribution < -0.4 is 0 Å². The van der Waals surface area contributed by atoms with Crippen molar-refractivity contribution < 1.29 is 14.6 Å². The van der Waals surface area contributed by atoms with Crippen LogP contribution in [0.1, 0.15) is 29.5 Å². The Balaban J connectivity index is 0.00000300. The molecule has 5 heteroatoms. The average Bonchev–Trinajstić information content (AvgIpc) is 2.72. The summed E-state index contributed by atoms with van der Waals surface area (Å²) in [5.41, 5.74) is 4.83. The molecule has 4 nitrogen and oxygen atoms in total. The van der Waals surface area contributed by atoms with Gasteiger partial charge in [0.15, 0.2) is 0 Å². The number of rotatable bonds is 8. The summed E-state index contributed by atoms with van der Waals surface area (Å²) in [5.74, 6) is -0.918. The van der Waals surface area contributed by atoms with E-state index in [-0.39, 0.29) is 18.3 Å². The first-order valence-electron chi connectivity index (χ1n) is 9.99. The highest BCUT2D eigenvalue weighted by atomic mass is 35.5. The van der Waals surface area contributed by atoms with E-state index in [4.69, 9.17) is 4.74 Å². The molecule has 1 fully saturated rings. The van der Waals surface area contributed by atoms with Crippen molar-refractivity contribution in [3.05, 3.63) is 77.4 Å². The molecule has 156 valence electrons. The fourth-order valence-electron chi connectivity index (χ4n) is 3.76. The van der Waals surface area contributed by atoms with Gasteiger partial charge in [-0.3, -0.25) is 4.79 Å². The van der Waals surface area contributed by atoms with Crippen molar-refractivity contribution in [3.8, 4) is 0 Å². The number of benzene rings is 2. The molecule has 2 aromatic carbocycles. The van der Waals surface area contributed by atoms with E-state index in [0.29, 0.717) is 19.8 Å². The predicted octanol–water partition coefficient (Wildman–Crippen LogP) is 4.66. The molecule has 1 heterocycles. The van der Waals surface area contributed by atoms with Gasteiger partial charge in [0.2, 0.25) is 0 Å². The maximum absolute atomic E-state index is 11.2. The number of likely N-dealkylation sites (tertiary alicyclic amines) is 1. The molecule has 2 aromatic rings. The fourth-order valence-corrected chi connectivity index (χ4v) is 3.76. The van der Waals surface area contributed by atoms with Gasteiger partial charge in [0.25, 0.3) is 0 Å². The van der Waals surface area contributed by atoms with Gasteiger partial charge in [-0.25, -0.2) is 0 Å². The van der Waals surface area contributed by atoms with Crippen LogP contribution in [0.3, 0.4) is 0 Å². The van der Waals surface area contributed by atoms with Gasteiger partial charge in [0, 0.05) is 13.1 Å². The molecular weight excluding hydrogens is 386 g/mol. The number of hydrogen-bond acceptors (Lipinski definition) is 3. The van der Waals surface area contributed by atoms with Gasteiger partial charge in [0.1, 0.15) is 0 Å². The van der Waals surface area contributed by atoms with Crippen LogP contribution in [0, 0.1) is 12.8 Å². The van der Waals surface area contributed by atoms with Crippen molar-refractivity contribution in [2.75, 3.05) is 32.8 Å². The summed E-state index contributed by atoms with van der Waals surface area (Å²) < 4.78 is 5.88. The highest BCUT2D eigenvalue weighted by molar-refractivity contribution is 5.85. The van der Waals surface area contributed by atoms with E-state index in [9.17, 15) is 9.90 Å². The topological polar surface area (TPSA) is 49.8 Å². The first-order chi connectivity index (χ1) is 13.6. The molecule has 1 aliphatic rings. The molecule has 0 saturated carbocycles. The highest BCUT2D eigenvalue weighted by Gasteiger charge is 2.24. The van der Waals surface area contributed by atoms with Gasteiger partial charge in [0.05, 0.1) is 19.1 Å². The second kappa shape index (κ2) is 11.8. The van der Waals surface area contributed by atoms with Crippen LogP contribution in [0.4, 0.5) is 0 Å².